The van der Waals surface area contributed by atoms with Crippen molar-refractivity contribution >= 4 is 33.2 Å². The topological polar surface area (TPSA) is 86.4 Å². The van der Waals surface area contributed by atoms with Gasteiger partial charge in [-0.15, -0.1) is 0 Å². The first kappa shape index (κ1) is 14.5. The maximum Gasteiger partial charge on any atom is 0.307 e. The Bertz CT molecular complexity index is 565. The SMILES string of the molecule is N#C/C(=N/Nc1ccc(Br)cc1)C(N)=[N+]1CCOCC1. The van der Waals surface area contributed by atoms with E-state index in [1.165, 1.54) is 0 Å². The predicted octanol–water partition coefficient (Wildman–Crippen LogP) is 1.14. The van der Waals surface area contributed by atoms with Crippen LogP contribution in [-0.4, -0.2) is 42.4 Å². The van der Waals surface area contributed by atoms with Gasteiger partial charge < -0.3 is 4.74 Å². The van der Waals surface area contributed by atoms with Crippen LogP contribution in [0.5, 0.6) is 0 Å². The van der Waals surface area contributed by atoms with E-state index in [0.717, 1.165) is 10.2 Å². The third-order valence-electron chi connectivity index (χ3n) is 2.84. The molecule has 0 atom stereocenters. The summed E-state index contributed by atoms with van der Waals surface area (Å²) >= 11 is 3.36. The van der Waals surface area contributed by atoms with Gasteiger partial charge in [-0.25, -0.2) is 0 Å². The molecule has 104 valence electrons. The summed E-state index contributed by atoms with van der Waals surface area (Å²) in [6.45, 7) is 2.56. The number of halogens is 1. The Kier molecular flexibility index (Phi) is 5.09. The van der Waals surface area contributed by atoms with Crippen LogP contribution in [-0.2, 0) is 4.74 Å². The lowest BCUT2D eigenvalue weighted by Crippen LogP contribution is -2.41. The van der Waals surface area contributed by atoms with Gasteiger partial charge >= 0.3 is 5.84 Å². The highest BCUT2D eigenvalue weighted by atomic mass is 79.9. The fourth-order valence-corrected chi connectivity index (χ4v) is 2.00. The van der Waals surface area contributed by atoms with Crippen molar-refractivity contribution in [1.29, 1.82) is 5.26 Å². The molecule has 20 heavy (non-hydrogen) atoms. The van der Waals surface area contributed by atoms with Crippen LogP contribution in [0.4, 0.5) is 5.69 Å². The molecule has 1 fully saturated rings. The Morgan fingerprint density at radius 3 is 2.60 bits per heavy atom. The van der Waals surface area contributed by atoms with E-state index in [9.17, 15) is 0 Å². The van der Waals surface area contributed by atoms with E-state index < -0.39 is 0 Å². The number of nitrogens with two attached hydrogens (primary N) is 1. The van der Waals surface area contributed by atoms with Crippen LogP contribution in [0.3, 0.4) is 0 Å². The molecule has 0 bridgehead atoms. The van der Waals surface area contributed by atoms with E-state index in [1.807, 2.05) is 34.9 Å². The highest BCUT2D eigenvalue weighted by Crippen LogP contribution is 2.13. The Balaban J connectivity index is 2.13. The molecule has 1 aromatic rings. The molecule has 7 heteroatoms. The fourth-order valence-electron chi connectivity index (χ4n) is 1.74. The lowest BCUT2D eigenvalue weighted by molar-refractivity contribution is -0.548. The summed E-state index contributed by atoms with van der Waals surface area (Å²) in [5, 5.41) is 13.2. The molecule has 3 N–H and O–H groups in total. The minimum atomic E-state index is 0.176. The average molecular weight is 337 g/mol. The molecular formula is C13H15BrN5O+. The number of benzene rings is 1. The number of morpholine rings is 1. The number of nitrogens with one attached hydrogen (secondary N) is 1. The van der Waals surface area contributed by atoms with Crippen LogP contribution in [0.2, 0.25) is 0 Å². The molecule has 1 aliphatic rings. The van der Waals surface area contributed by atoms with Crippen LogP contribution in [0.15, 0.2) is 33.8 Å². The maximum absolute atomic E-state index is 9.16. The van der Waals surface area contributed by atoms with Crippen LogP contribution >= 0.6 is 15.9 Å². The number of hydrogen-bond donors (Lipinski definition) is 2. The molecule has 2 rings (SSSR count). The lowest BCUT2D eigenvalue weighted by Gasteiger charge is -2.14. The molecule has 0 spiro atoms. The van der Waals surface area contributed by atoms with E-state index in [-0.39, 0.29) is 5.71 Å². The molecule has 1 heterocycles. The van der Waals surface area contributed by atoms with E-state index in [4.69, 9.17) is 15.7 Å². The molecule has 0 saturated carbocycles. The highest BCUT2D eigenvalue weighted by molar-refractivity contribution is 9.10. The number of nitriles is 1. The first-order chi connectivity index (χ1) is 9.70. The van der Waals surface area contributed by atoms with Gasteiger partial charge in [0.25, 0.3) is 0 Å². The fraction of sp³-hybridized carbons (Fsp3) is 0.308. The Hall–Kier alpha value is -1.91. The smallest absolute Gasteiger partial charge is 0.307 e. The van der Waals surface area contributed by atoms with Gasteiger partial charge in [0.1, 0.15) is 19.2 Å². The number of rotatable bonds is 3. The number of hydrazone groups is 1. The summed E-state index contributed by atoms with van der Waals surface area (Å²) in [7, 11) is 0. The van der Waals surface area contributed by atoms with Crippen LogP contribution < -0.4 is 11.2 Å². The molecule has 1 aliphatic heterocycles. The van der Waals surface area contributed by atoms with Crippen LogP contribution in [0, 0.1) is 11.3 Å². The number of anilines is 1. The molecule has 0 aliphatic carbocycles. The summed E-state index contributed by atoms with van der Waals surface area (Å²) in [4.78, 5) is 0. The van der Waals surface area contributed by atoms with Gasteiger partial charge in [0.2, 0.25) is 5.71 Å². The van der Waals surface area contributed by atoms with Gasteiger partial charge in [0, 0.05) is 4.47 Å². The summed E-state index contributed by atoms with van der Waals surface area (Å²) in [6, 6.07) is 9.50. The third kappa shape index (κ3) is 3.79. The zero-order valence-corrected chi connectivity index (χ0v) is 12.4. The quantitative estimate of drug-likeness (QED) is 0.375. The minimum absolute atomic E-state index is 0.176. The molecule has 6 nitrogen and oxygen atoms in total. The Morgan fingerprint density at radius 1 is 1.35 bits per heavy atom. The average Bonchev–Trinajstić information content (AvgIpc) is 2.50. The van der Waals surface area contributed by atoms with Crippen molar-refractivity contribution in [1.82, 2.24) is 0 Å². The van der Waals surface area contributed by atoms with E-state index in [2.05, 4.69) is 26.5 Å². The molecule has 0 amide bonds. The number of amidine groups is 1. The van der Waals surface area contributed by atoms with E-state index >= 15 is 0 Å². The van der Waals surface area contributed by atoms with Crippen molar-refractivity contribution in [2.24, 2.45) is 10.8 Å². The molecule has 0 radical (unpaired) electrons. The first-order valence-electron chi connectivity index (χ1n) is 6.15. The number of ether oxygens (including phenoxy) is 1. The van der Waals surface area contributed by atoms with Gasteiger partial charge in [-0.3, -0.25) is 15.7 Å². The largest absolute Gasteiger partial charge is 0.373 e. The van der Waals surface area contributed by atoms with E-state index in [0.29, 0.717) is 32.1 Å². The summed E-state index contributed by atoms with van der Waals surface area (Å²) in [5.41, 5.74) is 9.77. The van der Waals surface area contributed by atoms with Crippen molar-refractivity contribution in [2.75, 3.05) is 31.7 Å². The zero-order valence-electron chi connectivity index (χ0n) is 10.8. The second-order valence-electron chi connectivity index (χ2n) is 4.18. The summed E-state index contributed by atoms with van der Waals surface area (Å²) in [6.07, 6.45) is 0. The second-order valence-corrected chi connectivity index (χ2v) is 5.09. The molecule has 0 aromatic heterocycles. The van der Waals surface area contributed by atoms with Crippen molar-refractivity contribution in [2.45, 2.75) is 0 Å². The highest BCUT2D eigenvalue weighted by Gasteiger charge is 2.18. The lowest BCUT2D eigenvalue weighted by atomic mass is 10.3. The summed E-state index contributed by atoms with van der Waals surface area (Å²) < 4.78 is 8.13. The molecule has 1 aromatic carbocycles. The summed E-state index contributed by atoms with van der Waals surface area (Å²) in [5.74, 6) is 0.375. The number of nitrogens with zero attached hydrogens (tertiary/aromatic N) is 3. The molecule has 1 saturated heterocycles. The second kappa shape index (κ2) is 7.03. The van der Waals surface area contributed by atoms with Gasteiger partial charge in [-0.2, -0.15) is 10.4 Å². The molecular weight excluding hydrogens is 322 g/mol. The third-order valence-corrected chi connectivity index (χ3v) is 3.37. The Labute approximate surface area is 125 Å². The monoisotopic (exact) mass is 336 g/mol. The van der Waals surface area contributed by atoms with Crippen molar-refractivity contribution < 1.29 is 9.31 Å². The Morgan fingerprint density at radius 2 is 2.00 bits per heavy atom. The first-order valence-corrected chi connectivity index (χ1v) is 6.95. The van der Waals surface area contributed by atoms with Crippen molar-refractivity contribution in [3.63, 3.8) is 0 Å². The normalized spacial score (nSPS) is 15.6. The van der Waals surface area contributed by atoms with Gasteiger partial charge in [-0.1, -0.05) is 15.9 Å². The van der Waals surface area contributed by atoms with Gasteiger partial charge in [0.15, 0.2) is 0 Å². The zero-order chi connectivity index (χ0) is 14.4. The van der Waals surface area contributed by atoms with Crippen molar-refractivity contribution in [3.05, 3.63) is 28.7 Å². The van der Waals surface area contributed by atoms with Crippen LogP contribution in [0.1, 0.15) is 0 Å². The van der Waals surface area contributed by atoms with Crippen LogP contribution in [0.25, 0.3) is 0 Å². The van der Waals surface area contributed by atoms with E-state index in [1.54, 1.807) is 0 Å². The van der Waals surface area contributed by atoms with Gasteiger partial charge in [0.05, 0.1) is 18.9 Å². The van der Waals surface area contributed by atoms with Gasteiger partial charge in [-0.05, 0) is 24.3 Å². The molecule has 0 unspecified atom stereocenters. The standard InChI is InChI=1S/C13H14BrN5O/c14-10-1-3-11(4-2-10)17-18-12(9-15)13(16)19-5-7-20-8-6-19/h1-4H,5-8H2,(H2,16,17)/p+1. The minimum Gasteiger partial charge on any atom is -0.373 e. The number of hydrogen-bond acceptors (Lipinski definition) is 4. The maximum atomic E-state index is 9.16. The predicted molar refractivity (Wildman–Crippen MR) is 80.8 cm³/mol. The van der Waals surface area contributed by atoms with Crippen molar-refractivity contribution in [3.8, 4) is 6.07 Å².